The maximum absolute atomic E-state index is 13.1. The van der Waals surface area contributed by atoms with Crippen LogP contribution in [0.15, 0.2) is 60.7 Å². The highest BCUT2D eigenvalue weighted by atomic mass is 16.5. The van der Waals surface area contributed by atoms with Gasteiger partial charge in [-0.15, -0.1) is 0 Å². The van der Waals surface area contributed by atoms with E-state index in [4.69, 9.17) is 9.72 Å². The summed E-state index contributed by atoms with van der Waals surface area (Å²) in [4.78, 5) is 20.0. The second-order valence-electron chi connectivity index (χ2n) is 9.78. The molecule has 180 valence electrons. The van der Waals surface area contributed by atoms with Crippen LogP contribution in [0.1, 0.15) is 46.8 Å². The van der Waals surface area contributed by atoms with Crippen molar-refractivity contribution in [3.8, 4) is 5.75 Å². The molecule has 0 N–H and O–H groups in total. The average Bonchev–Trinajstić information content (AvgIpc) is 3.38. The van der Waals surface area contributed by atoms with E-state index < -0.39 is 0 Å². The lowest BCUT2D eigenvalue weighted by Crippen LogP contribution is -2.25. The van der Waals surface area contributed by atoms with Crippen molar-refractivity contribution in [2.24, 2.45) is 0 Å². The first-order valence-corrected chi connectivity index (χ1v) is 12.4. The largest absolute Gasteiger partial charge is 0.493 e. The second-order valence-corrected chi connectivity index (χ2v) is 9.78. The van der Waals surface area contributed by atoms with E-state index in [0.29, 0.717) is 19.6 Å². The van der Waals surface area contributed by atoms with Crippen molar-refractivity contribution >= 4 is 22.6 Å². The number of hydrogen-bond acceptors (Lipinski definition) is 3. The molecule has 3 aromatic carbocycles. The van der Waals surface area contributed by atoms with Gasteiger partial charge in [0, 0.05) is 31.1 Å². The molecule has 1 aliphatic rings. The molecular weight excluding hydrogens is 434 g/mol. The van der Waals surface area contributed by atoms with Crippen LogP contribution in [-0.2, 0) is 11.3 Å². The Morgan fingerprint density at radius 1 is 0.943 bits per heavy atom. The van der Waals surface area contributed by atoms with Crippen molar-refractivity contribution < 1.29 is 9.53 Å². The summed E-state index contributed by atoms with van der Waals surface area (Å²) < 4.78 is 8.38. The summed E-state index contributed by atoms with van der Waals surface area (Å²) in [6.07, 6.45) is 1.35. The molecule has 4 aromatic rings. The summed E-state index contributed by atoms with van der Waals surface area (Å²) >= 11 is 0. The van der Waals surface area contributed by atoms with Crippen molar-refractivity contribution in [3.05, 3.63) is 88.7 Å². The molecule has 2 heterocycles. The van der Waals surface area contributed by atoms with Crippen molar-refractivity contribution in [2.45, 2.75) is 53.0 Å². The first kappa shape index (κ1) is 23.2. The van der Waals surface area contributed by atoms with Gasteiger partial charge in [-0.2, -0.15) is 0 Å². The quantitative estimate of drug-likeness (QED) is 0.301. The Labute approximate surface area is 207 Å². The van der Waals surface area contributed by atoms with Crippen LogP contribution in [0, 0.1) is 27.7 Å². The summed E-state index contributed by atoms with van der Waals surface area (Å²) in [7, 11) is 0. The lowest BCUT2D eigenvalue weighted by Gasteiger charge is -2.20. The van der Waals surface area contributed by atoms with Crippen LogP contribution < -0.4 is 9.64 Å². The number of rotatable bonds is 7. The second kappa shape index (κ2) is 9.57. The zero-order chi connectivity index (χ0) is 24.5. The van der Waals surface area contributed by atoms with Gasteiger partial charge < -0.3 is 14.2 Å². The maximum Gasteiger partial charge on any atom is 0.227 e. The van der Waals surface area contributed by atoms with Gasteiger partial charge in [0.15, 0.2) is 0 Å². The van der Waals surface area contributed by atoms with E-state index in [1.165, 1.54) is 11.1 Å². The number of hydrogen-bond donors (Lipinski definition) is 0. The summed E-state index contributed by atoms with van der Waals surface area (Å²) in [6, 6.07) is 20.8. The van der Waals surface area contributed by atoms with E-state index in [1.54, 1.807) is 0 Å². The summed E-state index contributed by atoms with van der Waals surface area (Å²) in [5.41, 5.74) is 7.85. The Hall–Kier alpha value is -3.60. The normalized spacial score (nSPS) is 15.8. The molecule has 1 amide bonds. The summed E-state index contributed by atoms with van der Waals surface area (Å²) in [5, 5.41) is 0. The number of fused-ring (bicyclic) bond motifs is 1. The number of benzene rings is 3. The number of aryl methyl sites for hydroxylation is 5. The van der Waals surface area contributed by atoms with E-state index in [1.807, 2.05) is 11.0 Å². The van der Waals surface area contributed by atoms with Gasteiger partial charge in [-0.1, -0.05) is 47.5 Å². The van der Waals surface area contributed by atoms with Gasteiger partial charge in [0.1, 0.15) is 11.6 Å². The summed E-state index contributed by atoms with van der Waals surface area (Å²) in [6.45, 7) is 10.4. The van der Waals surface area contributed by atoms with Gasteiger partial charge in [-0.25, -0.2) is 4.98 Å². The summed E-state index contributed by atoms with van der Waals surface area (Å²) in [5.74, 6) is 2.17. The average molecular weight is 468 g/mol. The first-order chi connectivity index (χ1) is 16.9. The maximum atomic E-state index is 13.1. The van der Waals surface area contributed by atoms with Crippen LogP contribution >= 0.6 is 0 Å². The molecule has 5 nitrogen and oxygen atoms in total. The minimum absolute atomic E-state index is 0.0656. The van der Waals surface area contributed by atoms with E-state index in [9.17, 15) is 4.79 Å². The number of para-hydroxylation sites is 2. The zero-order valence-electron chi connectivity index (χ0n) is 21.0. The monoisotopic (exact) mass is 467 g/mol. The fourth-order valence-corrected chi connectivity index (χ4v) is 5.23. The Bertz CT molecular complexity index is 1390. The molecule has 1 unspecified atom stereocenters. The minimum Gasteiger partial charge on any atom is -0.493 e. The molecule has 0 spiro atoms. The smallest absolute Gasteiger partial charge is 0.227 e. The van der Waals surface area contributed by atoms with Crippen LogP contribution in [0.25, 0.3) is 11.0 Å². The fraction of sp³-hybridized carbons (Fsp3) is 0.333. The number of anilines is 1. The third kappa shape index (κ3) is 4.68. The molecule has 1 aliphatic heterocycles. The number of aromatic nitrogens is 2. The molecule has 0 radical (unpaired) electrons. The van der Waals surface area contributed by atoms with Gasteiger partial charge in [0.25, 0.3) is 0 Å². The van der Waals surface area contributed by atoms with Crippen molar-refractivity contribution in [1.29, 1.82) is 0 Å². The first-order valence-electron chi connectivity index (χ1n) is 12.4. The van der Waals surface area contributed by atoms with Crippen LogP contribution in [0.5, 0.6) is 5.75 Å². The molecule has 1 saturated heterocycles. The van der Waals surface area contributed by atoms with E-state index in [0.717, 1.165) is 52.4 Å². The van der Waals surface area contributed by atoms with E-state index in [2.05, 4.69) is 86.9 Å². The molecule has 1 fully saturated rings. The number of ether oxygens (including phenoxy) is 1. The number of carbonyl (C=O) groups excluding carboxylic acids is 1. The molecular formula is C30H33N3O2. The van der Waals surface area contributed by atoms with Gasteiger partial charge in [0.2, 0.25) is 5.91 Å². The molecule has 0 saturated carbocycles. The molecule has 1 atom stereocenters. The van der Waals surface area contributed by atoms with Crippen LogP contribution in [-0.4, -0.2) is 28.6 Å². The Balaban J connectivity index is 1.35. The Kier molecular flexibility index (Phi) is 6.33. The van der Waals surface area contributed by atoms with Gasteiger partial charge in [-0.3, -0.25) is 4.79 Å². The molecule has 5 heteroatoms. The highest BCUT2D eigenvalue weighted by molar-refractivity contribution is 5.97. The van der Waals surface area contributed by atoms with E-state index >= 15 is 0 Å². The third-order valence-electron chi connectivity index (χ3n) is 6.93. The lowest BCUT2D eigenvalue weighted by atomic mass is 10.1. The van der Waals surface area contributed by atoms with Crippen molar-refractivity contribution in [2.75, 3.05) is 18.1 Å². The number of carbonyl (C=O) groups is 1. The van der Waals surface area contributed by atoms with Gasteiger partial charge in [-0.05, 0) is 69.5 Å². The van der Waals surface area contributed by atoms with Crippen LogP contribution in [0.4, 0.5) is 5.69 Å². The molecule has 0 aliphatic carbocycles. The molecule has 35 heavy (non-hydrogen) atoms. The third-order valence-corrected chi connectivity index (χ3v) is 6.93. The highest BCUT2D eigenvalue weighted by Gasteiger charge is 2.35. The zero-order valence-corrected chi connectivity index (χ0v) is 21.0. The predicted octanol–water partition coefficient (Wildman–Crippen LogP) is 6.26. The standard InChI is InChI=1S/C30H33N3O2/c1-20-10-12-26(22(3)16-20)33-19-24(18-29(33)34)30-31-25-8-5-6-9-27(25)32(30)14-7-15-35-28-13-11-21(2)17-23(28)4/h5-6,8-13,16-17,24H,7,14-15,18-19H2,1-4H3. The highest BCUT2D eigenvalue weighted by Crippen LogP contribution is 2.35. The lowest BCUT2D eigenvalue weighted by molar-refractivity contribution is -0.117. The SMILES string of the molecule is Cc1ccc(OCCCn2c(C3CC(=O)N(c4ccc(C)cc4C)C3)nc3ccccc32)c(C)c1. The molecule has 0 bridgehead atoms. The molecule has 5 rings (SSSR count). The predicted molar refractivity (Wildman–Crippen MR) is 141 cm³/mol. The van der Waals surface area contributed by atoms with Crippen LogP contribution in [0.2, 0.25) is 0 Å². The Morgan fingerprint density at radius 2 is 1.69 bits per heavy atom. The number of imidazole rings is 1. The minimum atomic E-state index is 0.0656. The van der Waals surface area contributed by atoms with Crippen molar-refractivity contribution in [3.63, 3.8) is 0 Å². The van der Waals surface area contributed by atoms with E-state index in [-0.39, 0.29) is 11.8 Å². The van der Waals surface area contributed by atoms with Crippen molar-refractivity contribution in [1.82, 2.24) is 9.55 Å². The number of amides is 1. The van der Waals surface area contributed by atoms with Crippen LogP contribution in [0.3, 0.4) is 0 Å². The number of nitrogens with zero attached hydrogens (tertiary/aromatic N) is 3. The Morgan fingerprint density at radius 3 is 2.46 bits per heavy atom. The fourth-order valence-electron chi connectivity index (χ4n) is 5.23. The van der Waals surface area contributed by atoms with Gasteiger partial charge in [0.05, 0.1) is 17.6 Å². The topological polar surface area (TPSA) is 47.4 Å². The molecule has 1 aromatic heterocycles. The van der Waals surface area contributed by atoms with Gasteiger partial charge >= 0.3 is 0 Å².